The molecule has 0 amide bonds. The second-order valence-electron chi connectivity index (χ2n) is 4.44. The molecule has 0 aromatic heterocycles. The van der Waals surface area contributed by atoms with Crippen LogP contribution in [0, 0.1) is 6.92 Å². The van der Waals surface area contributed by atoms with Crippen LogP contribution in [0.25, 0.3) is 0 Å². The van der Waals surface area contributed by atoms with E-state index in [1.165, 1.54) is 12.1 Å². The average molecular weight is 297 g/mol. The summed E-state index contributed by atoms with van der Waals surface area (Å²) in [5.41, 5.74) is 1.32. The lowest BCUT2D eigenvalue weighted by molar-refractivity contribution is 0.0696. The van der Waals surface area contributed by atoms with Gasteiger partial charge in [0.1, 0.15) is 6.61 Å². The van der Waals surface area contributed by atoms with Crippen molar-refractivity contribution in [3.05, 3.63) is 28.8 Å². The maximum atomic E-state index is 12.1. The molecule has 6 nitrogen and oxygen atoms in total. The number of hydrogen-bond donors (Lipinski definition) is 1. The Morgan fingerprint density at radius 3 is 2.75 bits per heavy atom. The van der Waals surface area contributed by atoms with Gasteiger partial charge >= 0.3 is 5.97 Å². The van der Waals surface area contributed by atoms with Crippen LogP contribution in [0.1, 0.15) is 34.8 Å². The van der Waals surface area contributed by atoms with E-state index in [1.54, 1.807) is 13.8 Å². The van der Waals surface area contributed by atoms with Crippen LogP contribution in [0.15, 0.2) is 22.2 Å². The lowest BCUT2D eigenvalue weighted by Gasteiger charge is -2.20. The molecule has 2 rings (SSSR count). The molecular weight excluding hydrogens is 282 g/mol. The molecule has 108 valence electrons. The van der Waals surface area contributed by atoms with Gasteiger partial charge in [0.2, 0.25) is 0 Å². The van der Waals surface area contributed by atoms with Gasteiger partial charge in [-0.3, -0.25) is 0 Å². The van der Waals surface area contributed by atoms with Crippen molar-refractivity contribution in [2.75, 3.05) is 12.4 Å². The van der Waals surface area contributed by atoms with Crippen molar-refractivity contribution in [3.8, 4) is 0 Å². The number of hydrogen-bond acceptors (Lipinski definition) is 5. The summed E-state index contributed by atoms with van der Waals surface area (Å²) in [7, 11) is -3.39. The van der Waals surface area contributed by atoms with Gasteiger partial charge < -0.3 is 9.94 Å². The third-order valence-electron chi connectivity index (χ3n) is 3.19. The zero-order chi connectivity index (χ0) is 14.9. The highest BCUT2D eigenvalue weighted by atomic mass is 32.2. The molecule has 0 saturated carbocycles. The van der Waals surface area contributed by atoms with Gasteiger partial charge in [-0.1, -0.05) is 5.16 Å². The first kappa shape index (κ1) is 14.5. The van der Waals surface area contributed by atoms with Crippen molar-refractivity contribution in [3.63, 3.8) is 0 Å². The molecule has 0 aliphatic carbocycles. The minimum Gasteiger partial charge on any atom is -0.478 e. The van der Waals surface area contributed by atoms with Crippen LogP contribution in [0.5, 0.6) is 0 Å². The minimum absolute atomic E-state index is 0.0439. The van der Waals surface area contributed by atoms with Crippen molar-refractivity contribution < 1.29 is 23.2 Å². The maximum Gasteiger partial charge on any atom is 0.335 e. The molecule has 0 saturated heterocycles. The largest absolute Gasteiger partial charge is 0.478 e. The number of oxime groups is 1. The van der Waals surface area contributed by atoms with Gasteiger partial charge in [0.05, 0.1) is 21.9 Å². The summed E-state index contributed by atoms with van der Waals surface area (Å²) in [6.45, 7) is 3.72. The van der Waals surface area contributed by atoms with E-state index in [-0.39, 0.29) is 22.6 Å². The predicted molar refractivity (Wildman–Crippen MR) is 73.0 cm³/mol. The molecule has 20 heavy (non-hydrogen) atoms. The molecule has 1 aromatic rings. The second-order valence-corrected chi connectivity index (χ2v) is 6.52. The lowest BCUT2D eigenvalue weighted by Crippen LogP contribution is -2.24. The molecule has 0 spiro atoms. The van der Waals surface area contributed by atoms with Crippen molar-refractivity contribution in [2.24, 2.45) is 5.16 Å². The number of fused-ring (bicyclic) bond motifs is 1. The standard InChI is InChI=1S/C13H15NO5S/c1-3-19-14-10-6-7-20(17,18)11-5-4-9(13(15)16)8(2)12(10)11/h4-5H,3,6-7H2,1-2H3,(H,15,16). The Labute approximate surface area is 117 Å². The molecule has 0 atom stereocenters. The summed E-state index contributed by atoms with van der Waals surface area (Å²) in [5.74, 6) is -1.14. The molecule has 1 N–H and O–H groups in total. The summed E-state index contributed by atoms with van der Waals surface area (Å²) in [5, 5.41) is 13.1. The minimum atomic E-state index is -3.39. The SMILES string of the molecule is CCON=C1CCS(=O)(=O)c2ccc(C(=O)O)c(C)c21. The average Bonchev–Trinajstić information content (AvgIpc) is 2.38. The van der Waals surface area contributed by atoms with E-state index in [0.717, 1.165) is 0 Å². The molecule has 1 aliphatic rings. The Morgan fingerprint density at radius 2 is 2.15 bits per heavy atom. The fourth-order valence-electron chi connectivity index (χ4n) is 2.24. The van der Waals surface area contributed by atoms with E-state index in [1.807, 2.05) is 0 Å². The predicted octanol–water partition coefficient (Wildman–Crippen LogP) is 1.61. The Balaban J connectivity index is 2.73. The second kappa shape index (κ2) is 5.24. The van der Waals surface area contributed by atoms with E-state index >= 15 is 0 Å². The van der Waals surface area contributed by atoms with Gasteiger partial charge in [-0.15, -0.1) is 0 Å². The smallest absolute Gasteiger partial charge is 0.335 e. The van der Waals surface area contributed by atoms with Crippen LogP contribution in [0.3, 0.4) is 0 Å². The summed E-state index contributed by atoms with van der Waals surface area (Å²) in [6, 6.07) is 2.65. The molecule has 1 aromatic carbocycles. The molecule has 0 radical (unpaired) electrons. The Morgan fingerprint density at radius 1 is 1.45 bits per heavy atom. The zero-order valence-electron chi connectivity index (χ0n) is 11.2. The highest BCUT2D eigenvalue weighted by Gasteiger charge is 2.31. The third kappa shape index (κ3) is 2.40. The first-order valence-electron chi connectivity index (χ1n) is 6.17. The van der Waals surface area contributed by atoms with Gasteiger partial charge in [-0.05, 0) is 31.5 Å². The maximum absolute atomic E-state index is 12.1. The van der Waals surface area contributed by atoms with E-state index in [9.17, 15) is 13.2 Å². The summed E-state index contributed by atoms with van der Waals surface area (Å²) < 4.78 is 24.2. The molecule has 0 unspecified atom stereocenters. The molecule has 1 aliphatic heterocycles. The zero-order valence-corrected chi connectivity index (χ0v) is 12.0. The van der Waals surface area contributed by atoms with Gasteiger partial charge in [0.15, 0.2) is 9.84 Å². The van der Waals surface area contributed by atoms with Crippen LogP contribution < -0.4 is 0 Å². The van der Waals surface area contributed by atoms with Gasteiger partial charge in [0.25, 0.3) is 0 Å². The van der Waals surface area contributed by atoms with Crippen molar-refractivity contribution in [1.29, 1.82) is 0 Å². The fraction of sp³-hybridized carbons (Fsp3) is 0.385. The van der Waals surface area contributed by atoms with Crippen LogP contribution in [0.2, 0.25) is 0 Å². The normalized spacial score (nSPS) is 18.6. The Bertz CT molecular complexity index is 691. The highest BCUT2D eigenvalue weighted by molar-refractivity contribution is 7.91. The van der Waals surface area contributed by atoms with E-state index < -0.39 is 15.8 Å². The number of carboxylic acid groups (broad SMARTS) is 1. The quantitative estimate of drug-likeness (QED) is 0.856. The molecule has 1 heterocycles. The summed E-state index contributed by atoms with van der Waals surface area (Å²) in [6.07, 6.45) is 0.221. The first-order valence-corrected chi connectivity index (χ1v) is 7.82. The van der Waals surface area contributed by atoms with Crippen LogP contribution >= 0.6 is 0 Å². The third-order valence-corrected chi connectivity index (χ3v) is 4.94. The lowest BCUT2D eigenvalue weighted by atomic mass is 9.97. The molecule has 0 fully saturated rings. The number of rotatable bonds is 3. The number of nitrogens with zero attached hydrogens (tertiary/aromatic N) is 1. The van der Waals surface area contributed by atoms with E-state index in [4.69, 9.17) is 9.94 Å². The fourth-order valence-corrected chi connectivity index (χ4v) is 3.78. The topological polar surface area (TPSA) is 93.0 Å². The Kier molecular flexibility index (Phi) is 3.80. The molecule has 0 bridgehead atoms. The molecular formula is C13H15NO5S. The molecule has 7 heteroatoms. The van der Waals surface area contributed by atoms with Crippen LogP contribution in [0.4, 0.5) is 0 Å². The highest BCUT2D eigenvalue weighted by Crippen LogP contribution is 2.30. The number of carbonyl (C=O) groups is 1. The van der Waals surface area contributed by atoms with E-state index in [2.05, 4.69) is 5.16 Å². The first-order chi connectivity index (χ1) is 9.38. The van der Waals surface area contributed by atoms with Crippen molar-refractivity contribution in [1.82, 2.24) is 0 Å². The monoisotopic (exact) mass is 297 g/mol. The summed E-state index contributed by atoms with van der Waals surface area (Å²) >= 11 is 0. The van der Waals surface area contributed by atoms with Crippen molar-refractivity contribution in [2.45, 2.75) is 25.2 Å². The van der Waals surface area contributed by atoms with Crippen molar-refractivity contribution >= 4 is 21.5 Å². The van der Waals surface area contributed by atoms with Crippen LogP contribution in [-0.2, 0) is 14.7 Å². The van der Waals surface area contributed by atoms with Crippen LogP contribution in [-0.4, -0.2) is 37.6 Å². The Hall–Kier alpha value is -1.89. The van der Waals surface area contributed by atoms with Gasteiger partial charge in [-0.2, -0.15) is 0 Å². The number of carboxylic acids is 1. The summed E-state index contributed by atoms with van der Waals surface area (Å²) in [4.78, 5) is 16.3. The van der Waals surface area contributed by atoms with E-state index in [0.29, 0.717) is 23.4 Å². The van der Waals surface area contributed by atoms with Gasteiger partial charge in [-0.25, -0.2) is 13.2 Å². The number of aromatic carboxylic acids is 1. The number of sulfone groups is 1. The number of benzene rings is 1. The van der Waals surface area contributed by atoms with Gasteiger partial charge in [0, 0.05) is 12.0 Å².